The Labute approximate surface area is 289 Å². The van der Waals surface area contributed by atoms with Crippen molar-refractivity contribution in [1.82, 2.24) is 19.1 Å². The summed E-state index contributed by atoms with van der Waals surface area (Å²) >= 11 is 0. The van der Waals surface area contributed by atoms with E-state index in [-0.39, 0.29) is 0 Å². The Balaban J connectivity index is 1.25. The minimum absolute atomic E-state index is 0.699. The fourth-order valence-electron chi connectivity index (χ4n) is 7.50. The maximum Gasteiger partial charge on any atom is 0.162 e. The van der Waals surface area contributed by atoms with Gasteiger partial charge in [-0.3, -0.25) is 4.57 Å². The summed E-state index contributed by atoms with van der Waals surface area (Å²) in [6.45, 7) is 0. The van der Waals surface area contributed by atoms with Gasteiger partial charge in [0.05, 0.1) is 27.8 Å². The normalized spacial score (nSPS) is 11.6. The van der Waals surface area contributed by atoms with Crippen LogP contribution in [0.5, 0.6) is 0 Å². The zero-order valence-electron chi connectivity index (χ0n) is 27.1. The van der Waals surface area contributed by atoms with Gasteiger partial charge in [0.2, 0.25) is 0 Å². The molecule has 3 aromatic heterocycles. The Morgan fingerprint density at radius 3 is 1.44 bits per heavy atom. The van der Waals surface area contributed by atoms with Crippen LogP contribution in [0, 0.1) is 0 Å². The molecule has 10 rings (SSSR count). The lowest BCUT2D eigenvalue weighted by Gasteiger charge is -2.12. The van der Waals surface area contributed by atoms with E-state index >= 15 is 0 Å². The van der Waals surface area contributed by atoms with Gasteiger partial charge in [-0.05, 0) is 47.5 Å². The standard InChI is InChI=1S/C46H30N4/c1-4-14-31(15-5-1)32-24-26-35(27-25-32)49-39-22-12-10-20-36(39)44-41(49)28-29-42-45(44)37-21-11-13-23-40(37)50(42)43-30-38(33-16-6-2-7-17-33)47-46(48-43)34-18-8-3-9-19-34/h1-30H. The molecule has 10 aromatic rings. The number of aromatic nitrogens is 4. The van der Waals surface area contributed by atoms with Crippen LogP contribution in [0.1, 0.15) is 0 Å². The molecule has 0 aliphatic heterocycles. The van der Waals surface area contributed by atoms with Gasteiger partial charge in [0, 0.05) is 44.4 Å². The van der Waals surface area contributed by atoms with Gasteiger partial charge in [-0.1, -0.05) is 140 Å². The molecule has 0 spiro atoms. The van der Waals surface area contributed by atoms with Gasteiger partial charge in [-0.25, -0.2) is 9.97 Å². The molecule has 50 heavy (non-hydrogen) atoms. The molecule has 0 N–H and O–H groups in total. The predicted molar refractivity (Wildman–Crippen MR) is 207 cm³/mol. The van der Waals surface area contributed by atoms with Crippen LogP contribution in [0.2, 0.25) is 0 Å². The zero-order chi connectivity index (χ0) is 33.0. The smallest absolute Gasteiger partial charge is 0.162 e. The first-order chi connectivity index (χ1) is 24.8. The lowest BCUT2D eigenvalue weighted by Crippen LogP contribution is -2.02. The van der Waals surface area contributed by atoms with Crippen molar-refractivity contribution in [1.29, 1.82) is 0 Å². The molecule has 0 aliphatic rings. The zero-order valence-corrected chi connectivity index (χ0v) is 27.1. The molecule has 3 heterocycles. The topological polar surface area (TPSA) is 35.6 Å². The van der Waals surface area contributed by atoms with Crippen LogP contribution < -0.4 is 0 Å². The van der Waals surface area contributed by atoms with Crippen molar-refractivity contribution in [3.8, 4) is 45.3 Å². The van der Waals surface area contributed by atoms with E-state index in [1.54, 1.807) is 0 Å². The van der Waals surface area contributed by atoms with Gasteiger partial charge in [-0.2, -0.15) is 0 Å². The molecule has 234 valence electrons. The molecule has 0 atom stereocenters. The number of benzene rings is 7. The van der Waals surface area contributed by atoms with Crippen LogP contribution in [0.3, 0.4) is 0 Å². The molecule has 4 heteroatoms. The van der Waals surface area contributed by atoms with Gasteiger partial charge < -0.3 is 4.57 Å². The Morgan fingerprint density at radius 2 is 0.820 bits per heavy atom. The highest BCUT2D eigenvalue weighted by Gasteiger charge is 2.21. The number of para-hydroxylation sites is 2. The highest BCUT2D eigenvalue weighted by molar-refractivity contribution is 6.28. The van der Waals surface area contributed by atoms with Gasteiger partial charge in [-0.15, -0.1) is 0 Å². The van der Waals surface area contributed by atoms with E-state index < -0.39 is 0 Å². The Kier molecular flexibility index (Phi) is 6.46. The molecule has 0 bridgehead atoms. The summed E-state index contributed by atoms with van der Waals surface area (Å²) < 4.78 is 4.71. The molecular formula is C46H30N4. The summed E-state index contributed by atoms with van der Waals surface area (Å²) in [6.07, 6.45) is 0. The van der Waals surface area contributed by atoms with Crippen LogP contribution in [-0.4, -0.2) is 19.1 Å². The molecule has 0 unspecified atom stereocenters. The molecule has 0 saturated carbocycles. The van der Waals surface area contributed by atoms with Gasteiger partial charge in [0.15, 0.2) is 5.82 Å². The summed E-state index contributed by atoms with van der Waals surface area (Å²) in [5, 5.41) is 4.87. The first-order valence-electron chi connectivity index (χ1n) is 16.9. The second-order valence-electron chi connectivity index (χ2n) is 12.6. The van der Waals surface area contributed by atoms with E-state index in [0.29, 0.717) is 5.82 Å². The second kappa shape index (κ2) is 11.4. The van der Waals surface area contributed by atoms with Crippen molar-refractivity contribution in [2.75, 3.05) is 0 Å². The van der Waals surface area contributed by atoms with Crippen molar-refractivity contribution in [3.63, 3.8) is 0 Å². The third kappa shape index (κ3) is 4.46. The highest BCUT2D eigenvalue weighted by Crippen LogP contribution is 2.42. The predicted octanol–water partition coefficient (Wildman–Crippen LogP) is 11.7. The van der Waals surface area contributed by atoms with E-state index in [1.807, 2.05) is 24.3 Å². The van der Waals surface area contributed by atoms with Crippen LogP contribution in [0.15, 0.2) is 182 Å². The largest absolute Gasteiger partial charge is 0.309 e. The molecule has 0 fully saturated rings. The van der Waals surface area contributed by atoms with Crippen molar-refractivity contribution in [2.24, 2.45) is 0 Å². The van der Waals surface area contributed by atoms with Crippen LogP contribution in [0.4, 0.5) is 0 Å². The Hall–Kier alpha value is -6.78. The van der Waals surface area contributed by atoms with Crippen LogP contribution >= 0.6 is 0 Å². The van der Waals surface area contributed by atoms with Gasteiger partial charge in [0.25, 0.3) is 0 Å². The maximum absolute atomic E-state index is 5.25. The van der Waals surface area contributed by atoms with Gasteiger partial charge in [0.1, 0.15) is 5.82 Å². The van der Waals surface area contributed by atoms with E-state index in [2.05, 4.69) is 167 Å². The number of nitrogens with zero attached hydrogens (tertiary/aromatic N) is 4. The van der Waals surface area contributed by atoms with E-state index in [1.165, 1.54) is 43.7 Å². The Bertz CT molecular complexity index is 2770. The summed E-state index contributed by atoms with van der Waals surface area (Å²) in [5.41, 5.74) is 11.0. The molecular weight excluding hydrogens is 609 g/mol. The molecule has 7 aromatic carbocycles. The van der Waals surface area contributed by atoms with Crippen molar-refractivity contribution < 1.29 is 0 Å². The third-order valence-corrected chi connectivity index (χ3v) is 9.75. The first-order valence-corrected chi connectivity index (χ1v) is 16.9. The number of rotatable bonds is 5. The lowest BCUT2D eigenvalue weighted by molar-refractivity contribution is 1.05. The number of fused-ring (bicyclic) bond motifs is 7. The monoisotopic (exact) mass is 638 g/mol. The summed E-state index contributed by atoms with van der Waals surface area (Å²) in [7, 11) is 0. The molecule has 0 aliphatic carbocycles. The second-order valence-corrected chi connectivity index (χ2v) is 12.6. The maximum atomic E-state index is 5.25. The van der Waals surface area contributed by atoms with Crippen molar-refractivity contribution in [2.45, 2.75) is 0 Å². The SMILES string of the molecule is c1ccc(-c2ccc(-n3c4ccccc4c4c5c6ccccc6n(-c6cc(-c7ccccc7)nc(-c7ccccc7)n6)c5ccc43)cc2)cc1. The fraction of sp³-hybridized carbons (Fsp3) is 0. The minimum Gasteiger partial charge on any atom is -0.309 e. The molecule has 0 amide bonds. The lowest BCUT2D eigenvalue weighted by atomic mass is 10.1. The average Bonchev–Trinajstić information content (AvgIpc) is 3.72. The van der Waals surface area contributed by atoms with Crippen molar-refractivity contribution in [3.05, 3.63) is 182 Å². The van der Waals surface area contributed by atoms with E-state index in [9.17, 15) is 0 Å². The summed E-state index contributed by atoms with van der Waals surface area (Å²) in [4.78, 5) is 10.3. The molecule has 0 radical (unpaired) electrons. The van der Waals surface area contributed by atoms with Crippen LogP contribution in [0.25, 0.3) is 88.9 Å². The average molecular weight is 639 g/mol. The van der Waals surface area contributed by atoms with E-state index in [4.69, 9.17) is 9.97 Å². The van der Waals surface area contributed by atoms with E-state index in [0.717, 1.165) is 39.4 Å². The van der Waals surface area contributed by atoms with Crippen LogP contribution in [-0.2, 0) is 0 Å². The quantitative estimate of drug-likeness (QED) is 0.188. The molecule has 0 saturated heterocycles. The van der Waals surface area contributed by atoms with Crippen molar-refractivity contribution >= 4 is 43.6 Å². The molecule has 4 nitrogen and oxygen atoms in total. The number of hydrogen-bond acceptors (Lipinski definition) is 2. The third-order valence-electron chi connectivity index (χ3n) is 9.75. The summed E-state index contributed by atoms with van der Waals surface area (Å²) in [6, 6.07) is 64.2. The van der Waals surface area contributed by atoms with Gasteiger partial charge >= 0.3 is 0 Å². The Morgan fingerprint density at radius 1 is 0.340 bits per heavy atom. The number of hydrogen-bond donors (Lipinski definition) is 0. The summed E-state index contributed by atoms with van der Waals surface area (Å²) in [5.74, 6) is 1.54. The fourth-order valence-corrected chi connectivity index (χ4v) is 7.50. The first kappa shape index (κ1) is 28.3. The highest BCUT2D eigenvalue weighted by atomic mass is 15.1. The minimum atomic E-state index is 0.699.